The highest BCUT2D eigenvalue weighted by atomic mass is 16.5. The summed E-state index contributed by atoms with van der Waals surface area (Å²) in [6.45, 7) is 6.40. The number of fused-ring (bicyclic) bond motifs is 1. The molecule has 0 unspecified atom stereocenters. The van der Waals surface area contributed by atoms with Crippen molar-refractivity contribution in [2.75, 3.05) is 20.2 Å². The van der Waals surface area contributed by atoms with Crippen LogP contribution in [0.5, 0.6) is 0 Å². The Morgan fingerprint density at radius 3 is 2.57 bits per heavy atom. The molecule has 0 bridgehead atoms. The first-order valence-electron chi connectivity index (χ1n) is 13.1. The molecule has 2 N–H and O–H groups in total. The van der Waals surface area contributed by atoms with Crippen molar-refractivity contribution in [2.24, 2.45) is 0 Å². The second-order valence-corrected chi connectivity index (χ2v) is 9.81. The zero-order chi connectivity index (χ0) is 26.2. The highest BCUT2D eigenvalue weighted by Crippen LogP contribution is 2.28. The number of methoxy groups -OCH3 is 1. The number of amides is 1. The van der Waals surface area contributed by atoms with Crippen molar-refractivity contribution < 1.29 is 14.3 Å². The van der Waals surface area contributed by atoms with Crippen molar-refractivity contribution in [2.45, 2.75) is 52.0 Å². The maximum Gasteiger partial charge on any atom is 0.337 e. The molecule has 6 nitrogen and oxygen atoms in total. The Kier molecular flexibility index (Phi) is 8.96. The zero-order valence-electron chi connectivity index (χ0n) is 22.0. The minimum absolute atomic E-state index is 0.0459. The molecule has 1 aromatic heterocycles. The molecule has 0 fully saturated rings. The monoisotopic (exact) mass is 499 g/mol. The molecule has 0 radical (unpaired) electrons. The van der Waals surface area contributed by atoms with Crippen LogP contribution in [0.2, 0.25) is 0 Å². The van der Waals surface area contributed by atoms with Gasteiger partial charge in [-0.2, -0.15) is 0 Å². The molecule has 6 heteroatoms. The molecule has 0 spiro atoms. The van der Waals surface area contributed by atoms with Crippen LogP contribution in [-0.4, -0.2) is 36.6 Å². The quantitative estimate of drug-likeness (QED) is 0.267. The van der Waals surface area contributed by atoms with Crippen LogP contribution in [0.25, 0.3) is 16.6 Å². The van der Waals surface area contributed by atoms with Crippen LogP contribution in [0.3, 0.4) is 0 Å². The van der Waals surface area contributed by atoms with E-state index in [2.05, 4.69) is 65.6 Å². The number of nitrogens with zero attached hydrogens (tertiary/aromatic N) is 1. The molecular formula is C31H37N3O3. The predicted octanol–water partition coefficient (Wildman–Crippen LogP) is 5.58. The van der Waals surface area contributed by atoms with Crippen LogP contribution in [0.4, 0.5) is 0 Å². The Hall–Kier alpha value is -3.64. The number of hydrogen-bond donors (Lipinski definition) is 2. The summed E-state index contributed by atoms with van der Waals surface area (Å²) < 4.78 is 7.12. The van der Waals surface area contributed by atoms with E-state index in [9.17, 15) is 9.59 Å². The lowest BCUT2D eigenvalue weighted by atomic mass is 10.0. The summed E-state index contributed by atoms with van der Waals surface area (Å²) in [5.74, 6) is 0.199. The SMILES string of the molecule is COC(=O)c1ccc2c(c1)c(CNCCCNC(=O)Cc1ccc(C(C)C)cc1)cn2C1=CCCC=C1. The topological polar surface area (TPSA) is 72.4 Å². The molecule has 1 amide bonds. The summed E-state index contributed by atoms with van der Waals surface area (Å²) in [4.78, 5) is 24.4. The number of rotatable bonds is 11. The summed E-state index contributed by atoms with van der Waals surface area (Å²) in [5, 5.41) is 7.55. The minimum atomic E-state index is -0.336. The number of allylic oxidation sites excluding steroid dienone is 4. The van der Waals surface area contributed by atoms with Crippen LogP contribution in [-0.2, 0) is 22.5 Å². The molecule has 0 saturated heterocycles. The average molecular weight is 500 g/mol. The molecule has 0 aliphatic heterocycles. The number of aromatic nitrogens is 1. The molecule has 0 atom stereocenters. The largest absolute Gasteiger partial charge is 0.465 e. The lowest BCUT2D eigenvalue weighted by Gasteiger charge is -2.10. The first-order chi connectivity index (χ1) is 18.0. The summed E-state index contributed by atoms with van der Waals surface area (Å²) >= 11 is 0. The Balaban J connectivity index is 1.31. The van der Waals surface area contributed by atoms with Gasteiger partial charge in [-0.15, -0.1) is 0 Å². The van der Waals surface area contributed by atoms with Gasteiger partial charge in [0.1, 0.15) is 0 Å². The van der Waals surface area contributed by atoms with Crippen molar-refractivity contribution in [3.63, 3.8) is 0 Å². The average Bonchev–Trinajstić information content (AvgIpc) is 3.28. The fourth-order valence-corrected chi connectivity index (χ4v) is 4.61. The Morgan fingerprint density at radius 2 is 1.86 bits per heavy atom. The van der Waals surface area contributed by atoms with E-state index in [-0.39, 0.29) is 11.9 Å². The molecule has 1 aliphatic rings. The van der Waals surface area contributed by atoms with Gasteiger partial charge in [0.2, 0.25) is 5.91 Å². The van der Waals surface area contributed by atoms with Gasteiger partial charge in [-0.05, 0) is 72.7 Å². The van der Waals surface area contributed by atoms with Crippen molar-refractivity contribution >= 4 is 28.5 Å². The molecule has 4 rings (SSSR count). The minimum Gasteiger partial charge on any atom is -0.465 e. The van der Waals surface area contributed by atoms with Crippen LogP contribution < -0.4 is 10.6 Å². The lowest BCUT2D eigenvalue weighted by molar-refractivity contribution is -0.120. The van der Waals surface area contributed by atoms with Gasteiger partial charge in [-0.3, -0.25) is 4.79 Å². The number of hydrogen-bond acceptors (Lipinski definition) is 4. The summed E-state index contributed by atoms with van der Waals surface area (Å²) in [7, 11) is 1.40. The van der Waals surface area contributed by atoms with Crippen LogP contribution in [0.15, 0.2) is 66.9 Å². The van der Waals surface area contributed by atoms with Crippen molar-refractivity contribution in [1.82, 2.24) is 15.2 Å². The van der Waals surface area contributed by atoms with E-state index in [0.29, 0.717) is 31.0 Å². The smallest absolute Gasteiger partial charge is 0.337 e. The van der Waals surface area contributed by atoms with E-state index in [1.807, 2.05) is 30.3 Å². The first kappa shape index (κ1) is 26.4. The standard InChI is InChI=1S/C31H37N3O3/c1-22(2)24-12-10-23(11-13-24)18-30(35)33-17-7-16-32-20-26-21-34(27-8-5-4-6-9-27)29-15-14-25(19-28(26)29)31(36)37-3/h5,8-15,19,21-22,32H,4,6-7,16-18,20H2,1-3H3,(H,33,35). The van der Waals surface area contributed by atoms with Crippen molar-refractivity contribution in [1.29, 1.82) is 0 Å². The number of nitrogens with one attached hydrogen (secondary N) is 2. The summed E-state index contributed by atoms with van der Waals surface area (Å²) in [6, 6.07) is 14.0. The second kappa shape index (κ2) is 12.5. The maximum absolute atomic E-state index is 12.3. The molecule has 0 saturated carbocycles. The van der Waals surface area contributed by atoms with Gasteiger partial charge < -0.3 is 19.9 Å². The molecule has 1 heterocycles. The third-order valence-electron chi connectivity index (χ3n) is 6.74. The molecule has 37 heavy (non-hydrogen) atoms. The molecule has 194 valence electrons. The number of carbonyl (C=O) groups is 2. The molecule has 2 aromatic carbocycles. The number of carbonyl (C=O) groups excluding carboxylic acids is 2. The third-order valence-corrected chi connectivity index (χ3v) is 6.74. The van der Waals surface area contributed by atoms with E-state index in [0.717, 1.165) is 53.5 Å². The zero-order valence-corrected chi connectivity index (χ0v) is 22.0. The lowest BCUT2D eigenvalue weighted by Crippen LogP contribution is -2.28. The van der Waals surface area contributed by atoms with Gasteiger partial charge in [0.15, 0.2) is 0 Å². The van der Waals surface area contributed by atoms with Crippen LogP contribution in [0, 0.1) is 0 Å². The summed E-state index contributed by atoms with van der Waals surface area (Å²) in [6.07, 6.45) is 12.0. The number of ether oxygens (including phenoxy) is 1. The molecule has 3 aromatic rings. The van der Waals surface area contributed by atoms with E-state index in [1.54, 1.807) is 0 Å². The first-order valence-corrected chi connectivity index (χ1v) is 13.1. The second-order valence-electron chi connectivity index (χ2n) is 9.81. The third kappa shape index (κ3) is 6.77. The summed E-state index contributed by atoms with van der Waals surface area (Å²) in [5.41, 5.74) is 6.20. The number of benzene rings is 2. The number of esters is 1. The van der Waals surface area contributed by atoms with Crippen LogP contribution >= 0.6 is 0 Å². The fraction of sp³-hybridized carbons (Fsp3) is 0.355. The van der Waals surface area contributed by atoms with E-state index < -0.39 is 0 Å². The van der Waals surface area contributed by atoms with Crippen molar-refractivity contribution in [3.05, 3.63) is 89.1 Å². The van der Waals surface area contributed by atoms with Gasteiger partial charge >= 0.3 is 5.97 Å². The van der Waals surface area contributed by atoms with Gasteiger partial charge in [0.05, 0.1) is 24.6 Å². The Morgan fingerprint density at radius 1 is 1.05 bits per heavy atom. The highest BCUT2D eigenvalue weighted by Gasteiger charge is 2.14. The van der Waals surface area contributed by atoms with E-state index in [4.69, 9.17) is 4.74 Å². The normalized spacial score (nSPS) is 13.1. The van der Waals surface area contributed by atoms with E-state index >= 15 is 0 Å². The highest BCUT2D eigenvalue weighted by molar-refractivity contribution is 5.97. The molecular weight excluding hydrogens is 462 g/mol. The van der Waals surface area contributed by atoms with Gasteiger partial charge in [-0.25, -0.2) is 4.79 Å². The van der Waals surface area contributed by atoms with Gasteiger partial charge in [0, 0.05) is 30.4 Å². The Bertz CT molecular complexity index is 1300. The fourth-order valence-electron chi connectivity index (χ4n) is 4.61. The van der Waals surface area contributed by atoms with Crippen LogP contribution in [0.1, 0.15) is 66.1 Å². The van der Waals surface area contributed by atoms with Gasteiger partial charge in [0.25, 0.3) is 0 Å². The van der Waals surface area contributed by atoms with Crippen molar-refractivity contribution in [3.8, 4) is 0 Å². The van der Waals surface area contributed by atoms with E-state index in [1.165, 1.54) is 12.7 Å². The van der Waals surface area contributed by atoms with Gasteiger partial charge in [-0.1, -0.05) is 50.3 Å². The Labute approximate surface area is 219 Å². The maximum atomic E-state index is 12.3. The molecule has 1 aliphatic carbocycles. The predicted molar refractivity (Wildman–Crippen MR) is 149 cm³/mol.